The summed E-state index contributed by atoms with van der Waals surface area (Å²) in [7, 11) is 0. The normalized spacial score (nSPS) is 16.6. The average Bonchev–Trinajstić information content (AvgIpc) is 2.97. The lowest BCUT2D eigenvalue weighted by Crippen LogP contribution is -2.26. The summed E-state index contributed by atoms with van der Waals surface area (Å²) < 4.78 is 10.9. The summed E-state index contributed by atoms with van der Waals surface area (Å²) >= 11 is 6.17. The maximum atomic E-state index is 12.0. The first-order valence-electron chi connectivity index (χ1n) is 7.65. The molecule has 1 unspecified atom stereocenters. The molecule has 0 saturated carbocycles. The molecule has 0 aromatic heterocycles. The summed E-state index contributed by atoms with van der Waals surface area (Å²) in [5, 5.41) is 9.33. The van der Waals surface area contributed by atoms with Gasteiger partial charge in [-0.05, 0) is 36.8 Å². The van der Waals surface area contributed by atoms with E-state index in [4.69, 9.17) is 26.2 Å². The van der Waals surface area contributed by atoms with Crippen LogP contribution in [0.15, 0.2) is 42.5 Å². The van der Waals surface area contributed by atoms with Crippen LogP contribution in [0.4, 0.5) is 10.5 Å². The third kappa shape index (κ3) is 3.53. The van der Waals surface area contributed by atoms with Gasteiger partial charge in [-0.2, -0.15) is 0 Å². The first-order valence-corrected chi connectivity index (χ1v) is 8.03. The van der Waals surface area contributed by atoms with Gasteiger partial charge in [-0.1, -0.05) is 29.8 Å². The molecule has 2 aromatic carbocycles. The van der Waals surface area contributed by atoms with E-state index in [-0.39, 0.29) is 17.2 Å². The quantitative estimate of drug-likeness (QED) is 0.877. The van der Waals surface area contributed by atoms with Gasteiger partial charge in [-0.25, -0.2) is 9.59 Å². The molecule has 0 spiro atoms. The van der Waals surface area contributed by atoms with Gasteiger partial charge in [0.1, 0.15) is 12.4 Å². The molecule has 7 heteroatoms. The highest BCUT2D eigenvalue weighted by Crippen LogP contribution is 2.31. The summed E-state index contributed by atoms with van der Waals surface area (Å²) in [6, 6.07) is 12.2. The van der Waals surface area contributed by atoms with Crippen molar-refractivity contribution in [3.05, 3.63) is 58.6 Å². The molecule has 1 amide bonds. The van der Waals surface area contributed by atoms with E-state index in [9.17, 15) is 9.59 Å². The van der Waals surface area contributed by atoms with Gasteiger partial charge in [0.2, 0.25) is 0 Å². The van der Waals surface area contributed by atoms with Crippen LogP contribution in [-0.2, 0) is 4.74 Å². The second-order valence-electron chi connectivity index (χ2n) is 5.62. The van der Waals surface area contributed by atoms with Crippen molar-refractivity contribution in [2.24, 2.45) is 0 Å². The van der Waals surface area contributed by atoms with E-state index in [0.717, 1.165) is 5.69 Å². The highest BCUT2D eigenvalue weighted by Gasteiger charge is 2.32. The minimum Gasteiger partial charge on any atom is -0.488 e. The Morgan fingerprint density at radius 3 is 2.72 bits per heavy atom. The van der Waals surface area contributed by atoms with Gasteiger partial charge >= 0.3 is 12.1 Å². The summed E-state index contributed by atoms with van der Waals surface area (Å²) in [6.45, 7) is 2.11. The van der Waals surface area contributed by atoms with Crippen molar-refractivity contribution >= 4 is 29.4 Å². The van der Waals surface area contributed by atoms with E-state index in [1.165, 1.54) is 17.0 Å². The molecule has 1 fully saturated rings. The predicted octanol–water partition coefficient (Wildman–Crippen LogP) is 3.75. The Bertz CT molecular complexity index is 809. The van der Waals surface area contributed by atoms with Gasteiger partial charge in [0.05, 0.1) is 17.1 Å². The molecular formula is C18H16ClNO5. The topological polar surface area (TPSA) is 76.1 Å². The standard InChI is InChI=1S/C18H16ClNO5/c1-11-14(17(21)22)7-8-15(16(11)19)24-10-13-9-20(18(23)25-13)12-5-3-2-4-6-12/h2-8,13H,9-10H2,1H3,(H,21,22). The molecule has 0 radical (unpaired) electrons. The van der Waals surface area contributed by atoms with Crippen LogP contribution < -0.4 is 9.64 Å². The molecule has 1 atom stereocenters. The number of carbonyl (C=O) groups is 2. The number of hydrogen-bond acceptors (Lipinski definition) is 4. The number of cyclic esters (lactones) is 1. The molecule has 1 N–H and O–H groups in total. The van der Waals surface area contributed by atoms with Crippen LogP contribution >= 0.6 is 11.6 Å². The summed E-state index contributed by atoms with van der Waals surface area (Å²) in [4.78, 5) is 24.6. The smallest absolute Gasteiger partial charge is 0.414 e. The highest BCUT2D eigenvalue weighted by atomic mass is 35.5. The number of carboxylic acids is 1. The average molecular weight is 362 g/mol. The molecule has 6 nitrogen and oxygen atoms in total. The maximum absolute atomic E-state index is 12.0. The van der Waals surface area contributed by atoms with Crippen LogP contribution in [0.3, 0.4) is 0 Å². The number of aromatic carboxylic acids is 1. The van der Waals surface area contributed by atoms with Gasteiger partial charge in [0, 0.05) is 5.69 Å². The lowest BCUT2D eigenvalue weighted by Gasteiger charge is -2.14. The number of rotatable bonds is 5. The zero-order chi connectivity index (χ0) is 18.0. The summed E-state index contributed by atoms with van der Waals surface area (Å²) in [6.07, 6.45) is -0.869. The number of benzene rings is 2. The van der Waals surface area contributed by atoms with E-state index in [0.29, 0.717) is 17.9 Å². The number of carboxylic acid groups (broad SMARTS) is 1. The minimum atomic E-state index is -1.05. The maximum Gasteiger partial charge on any atom is 0.414 e. The molecule has 0 bridgehead atoms. The fraction of sp³-hybridized carbons (Fsp3) is 0.222. The van der Waals surface area contributed by atoms with Gasteiger partial charge in [-0.3, -0.25) is 4.90 Å². The molecule has 0 aliphatic carbocycles. The van der Waals surface area contributed by atoms with Crippen molar-refractivity contribution in [2.45, 2.75) is 13.0 Å². The molecule has 130 valence electrons. The zero-order valence-corrected chi connectivity index (χ0v) is 14.2. The lowest BCUT2D eigenvalue weighted by atomic mass is 10.1. The molecule has 2 aromatic rings. The van der Waals surface area contributed by atoms with Gasteiger partial charge in [-0.15, -0.1) is 0 Å². The molecule has 1 aliphatic rings. The van der Waals surface area contributed by atoms with Crippen LogP contribution in [-0.4, -0.2) is 36.4 Å². The van der Waals surface area contributed by atoms with E-state index >= 15 is 0 Å². The Kier molecular flexibility index (Phi) is 4.81. The van der Waals surface area contributed by atoms with Gasteiger partial charge in [0.25, 0.3) is 0 Å². The number of ether oxygens (including phenoxy) is 2. The van der Waals surface area contributed by atoms with E-state index in [1.807, 2.05) is 30.3 Å². The van der Waals surface area contributed by atoms with Crippen molar-refractivity contribution in [3.63, 3.8) is 0 Å². The molecule has 3 rings (SSSR count). The number of carbonyl (C=O) groups excluding carboxylic acids is 1. The number of nitrogens with zero attached hydrogens (tertiary/aromatic N) is 1. The Morgan fingerprint density at radius 1 is 1.32 bits per heavy atom. The number of halogens is 1. The monoisotopic (exact) mass is 361 g/mol. The van der Waals surface area contributed by atoms with Crippen molar-refractivity contribution in [1.29, 1.82) is 0 Å². The van der Waals surface area contributed by atoms with Gasteiger partial charge < -0.3 is 14.6 Å². The van der Waals surface area contributed by atoms with Crippen molar-refractivity contribution < 1.29 is 24.2 Å². The first kappa shape index (κ1) is 17.1. The second kappa shape index (κ2) is 7.03. The fourth-order valence-corrected chi connectivity index (χ4v) is 2.83. The molecule has 1 saturated heterocycles. The SMILES string of the molecule is Cc1c(C(=O)O)ccc(OCC2CN(c3ccccc3)C(=O)O2)c1Cl. The third-order valence-corrected chi connectivity index (χ3v) is 4.42. The van der Waals surface area contributed by atoms with Crippen LogP contribution in [0.25, 0.3) is 0 Å². The van der Waals surface area contributed by atoms with Crippen LogP contribution in [0.1, 0.15) is 15.9 Å². The van der Waals surface area contributed by atoms with Crippen LogP contribution in [0, 0.1) is 6.92 Å². The number of amides is 1. The first-order chi connectivity index (χ1) is 12.0. The van der Waals surface area contributed by atoms with E-state index in [1.54, 1.807) is 6.92 Å². The number of para-hydroxylation sites is 1. The van der Waals surface area contributed by atoms with Crippen LogP contribution in [0.2, 0.25) is 5.02 Å². The number of hydrogen-bond donors (Lipinski definition) is 1. The third-order valence-electron chi connectivity index (χ3n) is 3.95. The van der Waals surface area contributed by atoms with Crippen molar-refractivity contribution in [1.82, 2.24) is 0 Å². The second-order valence-corrected chi connectivity index (χ2v) is 6.00. The Morgan fingerprint density at radius 2 is 2.04 bits per heavy atom. The van der Waals surface area contributed by atoms with Crippen molar-refractivity contribution in [2.75, 3.05) is 18.1 Å². The van der Waals surface area contributed by atoms with Crippen molar-refractivity contribution in [3.8, 4) is 5.75 Å². The molecular weight excluding hydrogens is 346 g/mol. The Labute approximate surface area is 149 Å². The zero-order valence-electron chi connectivity index (χ0n) is 13.4. The molecule has 1 heterocycles. The fourth-order valence-electron chi connectivity index (χ4n) is 2.61. The van der Waals surface area contributed by atoms with Gasteiger partial charge in [0.15, 0.2) is 6.10 Å². The van der Waals surface area contributed by atoms with Crippen LogP contribution in [0.5, 0.6) is 5.75 Å². The summed E-state index contributed by atoms with van der Waals surface area (Å²) in [5.74, 6) is -0.687. The summed E-state index contributed by atoms with van der Waals surface area (Å²) in [5.41, 5.74) is 1.32. The molecule has 25 heavy (non-hydrogen) atoms. The van der Waals surface area contributed by atoms with E-state index in [2.05, 4.69) is 0 Å². The Hall–Kier alpha value is -2.73. The Balaban J connectivity index is 1.66. The lowest BCUT2D eigenvalue weighted by molar-refractivity contribution is 0.0695. The predicted molar refractivity (Wildman–Crippen MR) is 92.7 cm³/mol. The minimum absolute atomic E-state index is 0.125. The number of anilines is 1. The van der Waals surface area contributed by atoms with E-state index < -0.39 is 18.2 Å². The highest BCUT2D eigenvalue weighted by molar-refractivity contribution is 6.33. The largest absolute Gasteiger partial charge is 0.488 e. The molecule has 1 aliphatic heterocycles.